The monoisotopic (exact) mass is 212 g/mol. The van der Waals surface area contributed by atoms with E-state index in [0.29, 0.717) is 12.5 Å². The fourth-order valence-electron chi connectivity index (χ4n) is 1.30. The Balaban J connectivity index is 1.81. The van der Waals surface area contributed by atoms with Gasteiger partial charge in [0.05, 0.1) is 25.2 Å². The standard InChI is InChI=1S/C11H13ClO2/c12-6-10(11-8-14-11)13-7-9-4-2-1-3-5-9/h1-5,10-11H,6-8H2/t10-,11?/m0/s1. The van der Waals surface area contributed by atoms with Crippen LogP contribution in [0.5, 0.6) is 0 Å². The molecule has 1 aliphatic rings. The highest BCUT2D eigenvalue weighted by molar-refractivity contribution is 6.18. The summed E-state index contributed by atoms with van der Waals surface area (Å²) in [5, 5.41) is 0. The molecule has 1 unspecified atom stereocenters. The first kappa shape index (κ1) is 9.97. The molecule has 1 aliphatic heterocycles. The van der Waals surface area contributed by atoms with Gasteiger partial charge in [0.1, 0.15) is 6.10 Å². The van der Waals surface area contributed by atoms with Crippen molar-refractivity contribution in [1.29, 1.82) is 0 Å². The molecule has 2 atom stereocenters. The van der Waals surface area contributed by atoms with Crippen LogP contribution in [-0.2, 0) is 16.1 Å². The van der Waals surface area contributed by atoms with Crippen molar-refractivity contribution < 1.29 is 9.47 Å². The van der Waals surface area contributed by atoms with Gasteiger partial charge < -0.3 is 9.47 Å². The van der Waals surface area contributed by atoms with E-state index in [9.17, 15) is 0 Å². The highest BCUT2D eigenvalue weighted by Crippen LogP contribution is 2.19. The summed E-state index contributed by atoms with van der Waals surface area (Å²) < 4.78 is 10.8. The fourth-order valence-corrected chi connectivity index (χ4v) is 1.59. The molecule has 2 nitrogen and oxygen atoms in total. The van der Waals surface area contributed by atoms with Gasteiger partial charge in [-0.3, -0.25) is 0 Å². The fraction of sp³-hybridized carbons (Fsp3) is 0.455. The van der Waals surface area contributed by atoms with Crippen LogP contribution < -0.4 is 0 Å². The SMILES string of the molecule is ClC[C@H](OCc1ccccc1)C1CO1. The van der Waals surface area contributed by atoms with Crippen molar-refractivity contribution in [3.05, 3.63) is 35.9 Å². The van der Waals surface area contributed by atoms with Gasteiger partial charge in [0.15, 0.2) is 0 Å². The van der Waals surface area contributed by atoms with Crippen LogP contribution in [0.2, 0.25) is 0 Å². The lowest BCUT2D eigenvalue weighted by molar-refractivity contribution is 0.0363. The van der Waals surface area contributed by atoms with Crippen LogP contribution in [0.25, 0.3) is 0 Å². The minimum atomic E-state index is 0.0388. The molecule has 0 saturated carbocycles. The van der Waals surface area contributed by atoms with E-state index in [1.54, 1.807) is 0 Å². The Bertz CT molecular complexity index is 272. The van der Waals surface area contributed by atoms with Gasteiger partial charge in [-0.25, -0.2) is 0 Å². The van der Waals surface area contributed by atoms with Crippen LogP contribution in [0.4, 0.5) is 0 Å². The Kier molecular flexibility index (Phi) is 3.40. The summed E-state index contributed by atoms with van der Waals surface area (Å²) in [6, 6.07) is 10.1. The average molecular weight is 213 g/mol. The Hall–Kier alpha value is -0.570. The Morgan fingerprint density at radius 2 is 2.14 bits per heavy atom. The van der Waals surface area contributed by atoms with E-state index in [-0.39, 0.29) is 12.2 Å². The highest BCUT2D eigenvalue weighted by Gasteiger charge is 2.32. The quantitative estimate of drug-likeness (QED) is 0.552. The highest BCUT2D eigenvalue weighted by atomic mass is 35.5. The predicted octanol–water partition coefficient (Wildman–Crippen LogP) is 2.21. The van der Waals surface area contributed by atoms with Crippen LogP contribution in [0.1, 0.15) is 5.56 Å². The zero-order valence-corrected chi connectivity index (χ0v) is 8.61. The Morgan fingerprint density at radius 1 is 1.43 bits per heavy atom. The van der Waals surface area contributed by atoms with E-state index >= 15 is 0 Å². The van der Waals surface area contributed by atoms with E-state index in [4.69, 9.17) is 21.1 Å². The van der Waals surface area contributed by atoms with E-state index in [2.05, 4.69) is 0 Å². The molecule has 1 fully saturated rings. The van der Waals surface area contributed by atoms with E-state index in [1.165, 1.54) is 5.56 Å². The number of hydrogen-bond acceptors (Lipinski definition) is 2. The van der Waals surface area contributed by atoms with E-state index in [1.807, 2.05) is 30.3 Å². The lowest BCUT2D eigenvalue weighted by Gasteiger charge is -2.12. The number of alkyl halides is 1. The minimum Gasteiger partial charge on any atom is -0.370 e. The molecule has 0 aliphatic carbocycles. The first-order valence-electron chi connectivity index (χ1n) is 4.73. The lowest BCUT2D eigenvalue weighted by Crippen LogP contribution is -2.21. The molecule has 3 heteroatoms. The summed E-state index contributed by atoms with van der Waals surface area (Å²) in [7, 11) is 0. The molecule has 0 aromatic heterocycles. The predicted molar refractivity (Wildman–Crippen MR) is 55.5 cm³/mol. The third-order valence-corrected chi connectivity index (χ3v) is 2.54. The number of hydrogen-bond donors (Lipinski definition) is 0. The van der Waals surface area contributed by atoms with Gasteiger partial charge in [-0.15, -0.1) is 11.6 Å². The molecule has 14 heavy (non-hydrogen) atoms. The molecular formula is C11H13ClO2. The van der Waals surface area contributed by atoms with Crippen LogP contribution in [0, 0.1) is 0 Å². The van der Waals surface area contributed by atoms with Crippen molar-refractivity contribution in [2.45, 2.75) is 18.8 Å². The Labute approximate surface area is 88.8 Å². The maximum Gasteiger partial charge on any atom is 0.108 e. The van der Waals surface area contributed by atoms with Gasteiger partial charge in [-0.2, -0.15) is 0 Å². The molecule has 0 spiro atoms. The maximum absolute atomic E-state index is 5.76. The van der Waals surface area contributed by atoms with Crippen molar-refractivity contribution in [2.75, 3.05) is 12.5 Å². The number of rotatable bonds is 5. The smallest absolute Gasteiger partial charge is 0.108 e. The third kappa shape index (κ3) is 2.71. The van der Waals surface area contributed by atoms with Gasteiger partial charge >= 0.3 is 0 Å². The molecule has 1 aromatic carbocycles. The molecule has 0 bridgehead atoms. The maximum atomic E-state index is 5.76. The van der Waals surface area contributed by atoms with Gasteiger partial charge in [0.25, 0.3) is 0 Å². The summed E-state index contributed by atoms with van der Waals surface area (Å²) >= 11 is 5.76. The molecule has 76 valence electrons. The minimum absolute atomic E-state index is 0.0388. The first-order valence-corrected chi connectivity index (χ1v) is 5.26. The number of ether oxygens (including phenoxy) is 2. The van der Waals surface area contributed by atoms with Gasteiger partial charge in [-0.05, 0) is 5.56 Å². The summed E-state index contributed by atoms with van der Waals surface area (Å²) in [6.07, 6.45) is 0.257. The molecule has 1 aromatic rings. The molecule has 2 rings (SSSR count). The number of benzene rings is 1. The van der Waals surface area contributed by atoms with E-state index < -0.39 is 0 Å². The normalized spacial score (nSPS) is 21.9. The summed E-state index contributed by atoms with van der Waals surface area (Å²) in [5.41, 5.74) is 1.17. The average Bonchev–Trinajstić information content (AvgIpc) is 3.05. The second-order valence-corrected chi connectivity index (χ2v) is 3.67. The van der Waals surface area contributed by atoms with Gasteiger partial charge in [0.2, 0.25) is 0 Å². The topological polar surface area (TPSA) is 21.8 Å². The zero-order chi connectivity index (χ0) is 9.80. The number of halogens is 1. The van der Waals surface area contributed by atoms with Crippen LogP contribution in [0.15, 0.2) is 30.3 Å². The second kappa shape index (κ2) is 4.78. The van der Waals surface area contributed by atoms with Crippen molar-refractivity contribution in [1.82, 2.24) is 0 Å². The first-order chi connectivity index (χ1) is 6.90. The van der Waals surface area contributed by atoms with Crippen molar-refractivity contribution in [3.63, 3.8) is 0 Å². The molecule has 0 radical (unpaired) electrons. The van der Waals surface area contributed by atoms with E-state index in [0.717, 1.165) is 6.61 Å². The molecule has 0 amide bonds. The summed E-state index contributed by atoms with van der Waals surface area (Å²) in [5.74, 6) is 0.498. The largest absolute Gasteiger partial charge is 0.370 e. The lowest BCUT2D eigenvalue weighted by atomic mass is 10.2. The Morgan fingerprint density at radius 3 is 2.71 bits per heavy atom. The third-order valence-electron chi connectivity index (χ3n) is 2.23. The summed E-state index contributed by atoms with van der Waals surface area (Å²) in [4.78, 5) is 0. The molecule has 1 saturated heterocycles. The molecular weight excluding hydrogens is 200 g/mol. The summed E-state index contributed by atoms with van der Waals surface area (Å²) in [6.45, 7) is 1.39. The number of epoxide rings is 1. The molecule has 0 N–H and O–H groups in total. The van der Waals surface area contributed by atoms with Crippen molar-refractivity contribution in [3.8, 4) is 0 Å². The van der Waals surface area contributed by atoms with Crippen molar-refractivity contribution >= 4 is 11.6 Å². The van der Waals surface area contributed by atoms with Gasteiger partial charge in [-0.1, -0.05) is 30.3 Å². The van der Waals surface area contributed by atoms with Crippen LogP contribution in [0.3, 0.4) is 0 Å². The molecule has 1 heterocycles. The van der Waals surface area contributed by atoms with Gasteiger partial charge in [0, 0.05) is 0 Å². The zero-order valence-electron chi connectivity index (χ0n) is 7.86. The van der Waals surface area contributed by atoms with Crippen LogP contribution in [-0.4, -0.2) is 24.7 Å². The second-order valence-electron chi connectivity index (χ2n) is 3.36. The van der Waals surface area contributed by atoms with Crippen molar-refractivity contribution in [2.24, 2.45) is 0 Å². The van der Waals surface area contributed by atoms with Crippen LogP contribution >= 0.6 is 11.6 Å².